The summed E-state index contributed by atoms with van der Waals surface area (Å²) in [5.41, 5.74) is -0.699. The molecule has 1 unspecified atom stereocenters. The summed E-state index contributed by atoms with van der Waals surface area (Å²) in [7, 11) is 0. The summed E-state index contributed by atoms with van der Waals surface area (Å²) in [5.74, 6) is -0.613. The quantitative estimate of drug-likeness (QED) is 0.555. The Labute approximate surface area is 93.6 Å². The average Bonchev–Trinajstić information content (AvgIpc) is 2.41. The highest BCUT2D eigenvalue weighted by Gasteiger charge is 2.33. The van der Waals surface area contributed by atoms with Gasteiger partial charge in [-0.25, -0.2) is 4.79 Å². The maximum absolute atomic E-state index is 10.9. The van der Waals surface area contributed by atoms with E-state index in [2.05, 4.69) is 4.74 Å². The van der Waals surface area contributed by atoms with E-state index in [1.807, 2.05) is 0 Å². The highest BCUT2D eigenvalue weighted by Crippen LogP contribution is 2.22. The van der Waals surface area contributed by atoms with Gasteiger partial charge in [0.25, 0.3) is 0 Å². The number of rotatable bonds is 3. The molecule has 1 rings (SSSR count). The van der Waals surface area contributed by atoms with E-state index in [4.69, 9.17) is 25.8 Å². The Kier molecular flexibility index (Phi) is 4.19. The molecule has 0 aromatic rings. The zero-order valence-electron chi connectivity index (χ0n) is 8.99. The fraction of sp³-hybridized carbons (Fsp3) is 0.889. The van der Waals surface area contributed by atoms with Gasteiger partial charge in [-0.15, -0.1) is 0 Å². The van der Waals surface area contributed by atoms with Crippen molar-refractivity contribution in [1.29, 1.82) is 0 Å². The second-order valence-corrected chi connectivity index (χ2v) is 4.29. The SMILES string of the molecule is CC(Cl)OC(=O)OC[C@@H]1COC(C)(C)O1. The molecule has 2 atom stereocenters. The third-order valence-corrected chi connectivity index (χ3v) is 1.80. The first-order valence-corrected chi connectivity index (χ1v) is 5.12. The van der Waals surface area contributed by atoms with Crippen LogP contribution in [-0.2, 0) is 18.9 Å². The van der Waals surface area contributed by atoms with Gasteiger partial charge in [0.2, 0.25) is 0 Å². The van der Waals surface area contributed by atoms with Crippen molar-refractivity contribution in [2.45, 2.75) is 38.2 Å². The Morgan fingerprint density at radius 1 is 1.67 bits per heavy atom. The van der Waals surface area contributed by atoms with Crippen LogP contribution in [0, 0.1) is 0 Å². The smallest absolute Gasteiger partial charge is 0.431 e. The Balaban J connectivity index is 2.18. The van der Waals surface area contributed by atoms with E-state index >= 15 is 0 Å². The normalized spacial score (nSPS) is 26.0. The van der Waals surface area contributed by atoms with Crippen LogP contribution in [0.15, 0.2) is 0 Å². The number of carbonyl (C=O) groups is 1. The first-order valence-electron chi connectivity index (χ1n) is 4.68. The van der Waals surface area contributed by atoms with Crippen molar-refractivity contribution < 1.29 is 23.7 Å². The lowest BCUT2D eigenvalue weighted by Crippen LogP contribution is -2.25. The molecule has 0 aliphatic carbocycles. The van der Waals surface area contributed by atoms with Crippen LogP contribution >= 0.6 is 11.6 Å². The predicted octanol–water partition coefficient (Wildman–Crippen LogP) is 1.88. The summed E-state index contributed by atoms with van der Waals surface area (Å²) in [6, 6.07) is 0. The summed E-state index contributed by atoms with van der Waals surface area (Å²) in [5, 5.41) is 0. The minimum absolute atomic E-state index is 0.103. The molecule has 0 amide bonds. The van der Waals surface area contributed by atoms with E-state index in [1.165, 1.54) is 6.92 Å². The predicted molar refractivity (Wildman–Crippen MR) is 52.7 cm³/mol. The first kappa shape index (κ1) is 12.5. The largest absolute Gasteiger partial charge is 0.509 e. The second kappa shape index (κ2) is 5.01. The molecule has 1 fully saturated rings. The second-order valence-electron chi connectivity index (χ2n) is 3.67. The highest BCUT2D eigenvalue weighted by molar-refractivity contribution is 6.19. The number of hydrogen-bond donors (Lipinski definition) is 0. The van der Waals surface area contributed by atoms with Crippen molar-refractivity contribution in [2.75, 3.05) is 13.2 Å². The zero-order valence-corrected chi connectivity index (χ0v) is 9.74. The molecule has 0 bridgehead atoms. The molecule has 0 aromatic heterocycles. The van der Waals surface area contributed by atoms with E-state index < -0.39 is 17.5 Å². The number of hydrogen-bond acceptors (Lipinski definition) is 5. The van der Waals surface area contributed by atoms with E-state index in [0.29, 0.717) is 6.61 Å². The van der Waals surface area contributed by atoms with E-state index in [-0.39, 0.29) is 12.7 Å². The average molecular weight is 239 g/mol. The molecule has 0 spiro atoms. The zero-order chi connectivity index (χ0) is 11.5. The molecule has 1 saturated heterocycles. The van der Waals surface area contributed by atoms with Gasteiger partial charge in [-0.1, -0.05) is 11.6 Å². The minimum atomic E-state index is -0.800. The monoisotopic (exact) mass is 238 g/mol. The molecule has 1 heterocycles. The molecule has 88 valence electrons. The third kappa shape index (κ3) is 4.68. The fourth-order valence-corrected chi connectivity index (χ4v) is 1.25. The van der Waals surface area contributed by atoms with Gasteiger partial charge in [0.05, 0.1) is 6.61 Å². The Morgan fingerprint density at radius 3 is 2.80 bits per heavy atom. The van der Waals surface area contributed by atoms with Crippen LogP contribution < -0.4 is 0 Å². The van der Waals surface area contributed by atoms with Crippen molar-refractivity contribution in [2.24, 2.45) is 0 Å². The maximum atomic E-state index is 10.9. The van der Waals surface area contributed by atoms with Crippen LogP contribution in [0.5, 0.6) is 0 Å². The van der Waals surface area contributed by atoms with E-state index in [0.717, 1.165) is 0 Å². The van der Waals surface area contributed by atoms with E-state index in [1.54, 1.807) is 13.8 Å². The van der Waals surface area contributed by atoms with Gasteiger partial charge >= 0.3 is 6.16 Å². The molecule has 15 heavy (non-hydrogen) atoms. The van der Waals surface area contributed by atoms with Crippen LogP contribution in [0.1, 0.15) is 20.8 Å². The summed E-state index contributed by atoms with van der Waals surface area (Å²) >= 11 is 5.43. The van der Waals surface area contributed by atoms with Crippen molar-refractivity contribution in [3.8, 4) is 0 Å². The molecular formula is C9H15ClO5. The van der Waals surface area contributed by atoms with Gasteiger partial charge in [0.15, 0.2) is 11.4 Å². The summed E-state index contributed by atoms with van der Waals surface area (Å²) in [6.45, 7) is 5.63. The molecule has 1 aliphatic rings. The van der Waals surface area contributed by atoms with Gasteiger partial charge in [-0.2, -0.15) is 0 Å². The fourth-order valence-electron chi connectivity index (χ4n) is 1.17. The summed E-state index contributed by atoms with van der Waals surface area (Å²) in [6.07, 6.45) is -1.05. The van der Waals surface area contributed by atoms with Gasteiger partial charge < -0.3 is 18.9 Å². The lowest BCUT2D eigenvalue weighted by molar-refractivity contribution is -0.143. The van der Waals surface area contributed by atoms with Gasteiger partial charge in [-0.3, -0.25) is 0 Å². The Bertz CT molecular complexity index is 229. The topological polar surface area (TPSA) is 54.0 Å². The lowest BCUT2D eigenvalue weighted by Gasteiger charge is -2.17. The minimum Gasteiger partial charge on any atom is -0.431 e. The number of ether oxygens (including phenoxy) is 4. The summed E-state index contributed by atoms with van der Waals surface area (Å²) < 4.78 is 20.1. The van der Waals surface area contributed by atoms with E-state index in [9.17, 15) is 4.79 Å². The molecule has 0 aromatic carbocycles. The first-order chi connectivity index (χ1) is 6.89. The number of carbonyl (C=O) groups excluding carboxylic acids is 1. The lowest BCUT2D eigenvalue weighted by atomic mass is 10.4. The number of alkyl halides is 1. The van der Waals surface area contributed by atoms with Gasteiger partial charge in [-0.05, 0) is 20.8 Å². The standard InChI is InChI=1S/C9H15ClO5/c1-6(10)14-8(11)12-4-7-5-13-9(2,3)15-7/h6-7H,4-5H2,1-3H3/t6?,7-/m1/s1. The molecular weight excluding hydrogens is 224 g/mol. The Hall–Kier alpha value is -0.520. The highest BCUT2D eigenvalue weighted by atomic mass is 35.5. The van der Waals surface area contributed by atoms with Crippen LogP contribution in [0.2, 0.25) is 0 Å². The van der Waals surface area contributed by atoms with Crippen molar-refractivity contribution in [1.82, 2.24) is 0 Å². The van der Waals surface area contributed by atoms with Crippen molar-refractivity contribution >= 4 is 17.8 Å². The Morgan fingerprint density at radius 2 is 2.33 bits per heavy atom. The van der Waals surface area contributed by atoms with Crippen LogP contribution in [-0.4, -0.2) is 36.8 Å². The molecule has 0 radical (unpaired) electrons. The van der Waals surface area contributed by atoms with Gasteiger partial charge in [0.1, 0.15) is 12.7 Å². The maximum Gasteiger partial charge on any atom is 0.509 e. The molecule has 0 saturated carbocycles. The summed E-state index contributed by atoms with van der Waals surface area (Å²) in [4.78, 5) is 10.9. The van der Waals surface area contributed by atoms with Crippen molar-refractivity contribution in [3.05, 3.63) is 0 Å². The van der Waals surface area contributed by atoms with Crippen molar-refractivity contribution in [3.63, 3.8) is 0 Å². The molecule has 0 N–H and O–H groups in total. The van der Waals surface area contributed by atoms with Gasteiger partial charge in [0, 0.05) is 0 Å². The van der Waals surface area contributed by atoms with Crippen LogP contribution in [0.3, 0.4) is 0 Å². The molecule has 6 heteroatoms. The van der Waals surface area contributed by atoms with Crippen LogP contribution in [0.4, 0.5) is 4.79 Å². The third-order valence-electron chi connectivity index (χ3n) is 1.71. The molecule has 5 nitrogen and oxygen atoms in total. The van der Waals surface area contributed by atoms with Crippen LogP contribution in [0.25, 0.3) is 0 Å². The molecule has 1 aliphatic heterocycles. The number of halogens is 1.